The van der Waals surface area contributed by atoms with Gasteiger partial charge in [-0.15, -0.1) is 5.92 Å². The van der Waals surface area contributed by atoms with Crippen LogP contribution in [0.3, 0.4) is 0 Å². The van der Waals surface area contributed by atoms with Crippen LogP contribution < -0.4 is 21.5 Å². The van der Waals surface area contributed by atoms with E-state index in [4.69, 9.17) is 4.98 Å². The third kappa shape index (κ3) is 3.74. The molecule has 0 radical (unpaired) electrons. The van der Waals surface area contributed by atoms with Gasteiger partial charge in [-0.05, 0) is 6.92 Å². The van der Waals surface area contributed by atoms with Crippen LogP contribution >= 0.6 is 0 Å². The number of rotatable bonds is 4. The first-order valence-electron chi connectivity index (χ1n) is 11.4. The summed E-state index contributed by atoms with van der Waals surface area (Å²) in [5, 5.41) is 14.2. The highest BCUT2D eigenvalue weighted by Gasteiger charge is 2.24. The maximum atomic E-state index is 13.8. The smallest absolute Gasteiger partial charge is 0.332 e. The molecule has 0 spiro atoms. The van der Waals surface area contributed by atoms with Crippen LogP contribution in [0.4, 0.5) is 5.95 Å². The lowest BCUT2D eigenvalue weighted by atomic mass is 10.1. The molecule has 10 heteroatoms. The second-order valence-corrected chi connectivity index (χ2v) is 8.34. The van der Waals surface area contributed by atoms with E-state index >= 15 is 0 Å². The molecule has 1 N–H and O–H groups in total. The van der Waals surface area contributed by atoms with E-state index in [2.05, 4.69) is 33.1 Å². The van der Waals surface area contributed by atoms with Crippen LogP contribution in [0.25, 0.3) is 21.9 Å². The predicted molar refractivity (Wildman–Crippen MR) is 133 cm³/mol. The summed E-state index contributed by atoms with van der Waals surface area (Å²) in [6.07, 6.45) is 1.48. The van der Waals surface area contributed by atoms with Gasteiger partial charge in [0.15, 0.2) is 11.2 Å². The monoisotopic (exact) mass is 468 g/mol. The Bertz CT molecular complexity index is 1670. The van der Waals surface area contributed by atoms with Crippen LogP contribution in [0, 0.1) is 23.2 Å². The summed E-state index contributed by atoms with van der Waals surface area (Å²) in [5.74, 6) is 6.57. The van der Waals surface area contributed by atoms with E-state index in [1.54, 1.807) is 18.5 Å². The van der Waals surface area contributed by atoms with Gasteiger partial charge in [-0.2, -0.15) is 10.2 Å². The summed E-state index contributed by atoms with van der Waals surface area (Å²) in [6.45, 7) is 5.11. The lowest BCUT2D eigenvalue weighted by Gasteiger charge is -2.28. The molecule has 0 bridgehead atoms. The fourth-order valence-electron chi connectivity index (χ4n) is 4.53. The van der Waals surface area contributed by atoms with Crippen molar-refractivity contribution in [2.75, 3.05) is 31.1 Å². The Labute approximate surface area is 201 Å². The molecule has 1 fully saturated rings. The van der Waals surface area contributed by atoms with Gasteiger partial charge in [0.2, 0.25) is 5.95 Å². The summed E-state index contributed by atoms with van der Waals surface area (Å²) >= 11 is 0. The summed E-state index contributed by atoms with van der Waals surface area (Å²) in [7, 11) is 1.62. The topological polar surface area (TPSA) is 114 Å². The normalized spacial score (nSPS) is 13.6. The van der Waals surface area contributed by atoms with Gasteiger partial charge in [-0.1, -0.05) is 30.2 Å². The molecule has 1 aliphatic rings. The minimum Gasteiger partial charge on any atom is -0.340 e. The molecule has 0 atom stereocenters. The molecule has 4 heterocycles. The van der Waals surface area contributed by atoms with Crippen molar-refractivity contribution in [3.05, 3.63) is 62.6 Å². The summed E-state index contributed by atoms with van der Waals surface area (Å²) in [6, 6.07) is 9.51. The summed E-state index contributed by atoms with van der Waals surface area (Å²) in [4.78, 5) is 38.4. The molecule has 1 aliphatic heterocycles. The van der Waals surface area contributed by atoms with E-state index in [1.165, 1.54) is 15.3 Å². The SMILES string of the molecule is CC#CCn1c(N2CCNCC2)nc2c1c(=O)n(Cc1ncc(C#N)c3ccccc13)c(=O)n2C. The molecule has 0 unspecified atom stereocenters. The van der Waals surface area contributed by atoms with Crippen molar-refractivity contribution in [2.24, 2.45) is 7.05 Å². The number of fused-ring (bicyclic) bond motifs is 2. The molecule has 4 aromatic rings. The standard InChI is InChI=1S/C25H24N8O2/c1-3-4-11-32-21-22(29-24(32)31-12-9-27-10-13-31)30(2)25(35)33(23(21)34)16-20-19-8-6-5-7-18(19)17(14-26)15-28-20/h5-8,15,27H,9-13,16H2,1-2H3. The Morgan fingerprint density at radius 1 is 1.11 bits per heavy atom. The third-order valence-electron chi connectivity index (χ3n) is 6.33. The first-order valence-corrected chi connectivity index (χ1v) is 11.4. The summed E-state index contributed by atoms with van der Waals surface area (Å²) < 4.78 is 4.39. The van der Waals surface area contributed by atoms with Crippen LogP contribution in [0.15, 0.2) is 40.1 Å². The van der Waals surface area contributed by atoms with E-state index in [0.29, 0.717) is 28.4 Å². The van der Waals surface area contributed by atoms with E-state index in [9.17, 15) is 14.9 Å². The van der Waals surface area contributed by atoms with Gasteiger partial charge in [0.1, 0.15) is 6.07 Å². The van der Waals surface area contributed by atoms with Crippen molar-refractivity contribution < 1.29 is 0 Å². The number of nitrogens with one attached hydrogen (secondary N) is 1. The number of imidazole rings is 1. The number of nitrogens with zero attached hydrogens (tertiary/aromatic N) is 7. The largest absolute Gasteiger partial charge is 0.340 e. The lowest BCUT2D eigenvalue weighted by molar-refractivity contribution is 0.572. The number of aryl methyl sites for hydroxylation is 1. The molecule has 3 aromatic heterocycles. The average Bonchev–Trinajstić information content (AvgIpc) is 3.29. The van der Waals surface area contributed by atoms with Crippen LogP contribution in [0.2, 0.25) is 0 Å². The molecule has 1 saturated heterocycles. The van der Waals surface area contributed by atoms with E-state index in [0.717, 1.165) is 37.0 Å². The molecule has 0 aliphatic carbocycles. The summed E-state index contributed by atoms with van der Waals surface area (Å²) in [5.41, 5.74) is 0.736. The van der Waals surface area contributed by atoms with Crippen molar-refractivity contribution in [2.45, 2.75) is 20.0 Å². The number of hydrogen-bond donors (Lipinski definition) is 1. The van der Waals surface area contributed by atoms with Crippen LogP contribution in [0.1, 0.15) is 18.2 Å². The molecule has 0 saturated carbocycles. The Morgan fingerprint density at radius 2 is 1.86 bits per heavy atom. The van der Waals surface area contributed by atoms with E-state index in [-0.39, 0.29) is 13.1 Å². The van der Waals surface area contributed by atoms with Crippen molar-refractivity contribution in [3.63, 3.8) is 0 Å². The second kappa shape index (κ2) is 9.09. The molecule has 35 heavy (non-hydrogen) atoms. The van der Waals surface area contributed by atoms with Crippen LogP contribution in [-0.2, 0) is 20.1 Å². The number of benzene rings is 1. The maximum absolute atomic E-state index is 13.8. The van der Waals surface area contributed by atoms with Gasteiger partial charge in [0.05, 0.1) is 24.3 Å². The number of pyridine rings is 1. The third-order valence-corrected chi connectivity index (χ3v) is 6.33. The Morgan fingerprint density at radius 3 is 2.57 bits per heavy atom. The van der Waals surface area contributed by atoms with Crippen LogP contribution in [-0.4, -0.2) is 49.8 Å². The van der Waals surface area contributed by atoms with Crippen LogP contribution in [0.5, 0.6) is 0 Å². The molecule has 10 nitrogen and oxygen atoms in total. The zero-order valence-electron chi connectivity index (χ0n) is 19.6. The second-order valence-electron chi connectivity index (χ2n) is 8.34. The van der Waals surface area contributed by atoms with Crippen molar-refractivity contribution in [1.29, 1.82) is 5.26 Å². The highest BCUT2D eigenvalue weighted by atomic mass is 16.2. The molecular weight excluding hydrogens is 444 g/mol. The number of piperazine rings is 1. The Balaban J connectivity index is 1.73. The highest BCUT2D eigenvalue weighted by Crippen LogP contribution is 2.22. The average molecular weight is 469 g/mol. The fraction of sp³-hybridized carbons (Fsp3) is 0.320. The van der Waals surface area contributed by atoms with Gasteiger partial charge < -0.3 is 10.2 Å². The van der Waals surface area contributed by atoms with Crippen molar-refractivity contribution >= 4 is 27.9 Å². The number of hydrogen-bond acceptors (Lipinski definition) is 7. The number of anilines is 1. The first-order chi connectivity index (χ1) is 17.0. The molecule has 5 rings (SSSR count). The minimum absolute atomic E-state index is 0.0265. The quantitative estimate of drug-likeness (QED) is 0.441. The first kappa shape index (κ1) is 22.4. The Hall–Kier alpha value is -4.41. The van der Waals surface area contributed by atoms with E-state index in [1.807, 2.05) is 24.3 Å². The molecular formula is C25H24N8O2. The van der Waals surface area contributed by atoms with Gasteiger partial charge >= 0.3 is 5.69 Å². The predicted octanol–water partition coefficient (Wildman–Crippen LogP) is 0.798. The van der Waals surface area contributed by atoms with Gasteiger partial charge in [0, 0.05) is 50.2 Å². The van der Waals surface area contributed by atoms with E-state index < -0.39 is 11.2 Å². The number of aromatic nitrogens is 5. The molecule has 1 aromatic carbocycles. The zero-order valence-corrected chi connectivity index (χ0v) is 19.6. The minimum atomic E-state index is -0.476. The molecule has 0 amide bonds. The van der Waals surface area contributed by atoms with Gasteiger partial charge in [0.25, 0.3) is 5.56 Å². The van der Waals surface area contributed by atoms with Gasteiger partial charge in [-0.3, -0.25) is 23.5 Å². The zero-order chi connectivity index (χ0) is 24.5. The van der Waals surface area contributed by atoms with Gasteiger partial charge in [-0.25, -0.2) is 4.79 Å². The fourth-order valence-corrected chi connectivity index (χ4v) is 4.53. The highest BCUT2D eigenvalue weighted by molar-refractivity contribution is 5.89. The van der Waals surface area contributed by atoms with Crippen molar-refractivity contribution in [3.8, 4) is 17.9 Å². The van der Waals surface area contributed by atoms with Crippen molar-refractivity contribution in [1.82, 2.24) is 29.0 Å². The molecule has 176 valence electrons. The Kier molecular flexibility index (Phi) is 5.81. The maximum Gasteiger partial charge on any atom is 0.332 e. The number of nitriles is 1. The lowest BCUT2D eigenvalue weighted by Crippen LogP contribution is -2.44.